The molecule has 5 heteroatoms. The van der Waals surface area contributed by atoms with Gasteiger partial charge in [0.25, 0.3) is 0 Å². The van der Waals surface area contributed by atoms with Crippen molar-refractivity contribution >= 4 is 9.84 Å². The van der Waals surface area contributed by atoms with Gasteiger partial charge in [-0.25, -0.2) is 8.42 Å². The van der Waals surface area contributed by atoms with Gasteiger partial charge >= 0.3 is 0 Å². The fourth-order valence-electron chi connectivity index (χ4n) is 3.82. The van der Waals surface area contributed by atoms with Crippen molar-refractivity contribution in [3.8, 4) is 0 Å². The van der Waals surface area contributed by atoms with E-state index >= 15 is 0 Å². The summed E-state index contributed by atoms with van der Waals surface area (Å²) in [5.74, 6) is 1.31. The second-order valence-electron chi connectivity index (χ2n) is 6.98. The van der Waals surface area contributed by atoms with Crippen molar-refractivity contribution < 1.29 is 13.2 Å². The average molecular weight is 317 g/mol. The van der Waals surface area contributed by atoms with Gasteiger partial charge in [-0.2, -0.15) is 0 Å². The third-order valence-electron chi connectivity index (χ3n) is 5.14. The van der Waals surface area contributed by atoms with Gasteiger partial charge in [0, 0.05) is 12.6 Å². The minimum absolute atomic E-state index is 0.0725. The highest BCUT2D eigenvalue weighted by atomic mass is 32.2. The van der Waals surface area contributed by atoms with Gasteiger partial charge in [0.1, 0.15) is 0 Å². The molecule has 2 rings (SSSR count). The standard InChI is InChI=1S/C16H31NO3S/c1-4-17-15-8-7-13(12(2)3)10-16(15)21(18,19)11-14-6-5-9-20-14/h12-17H,4-11H2,1-3H3. The Labute approximate surface area is 129 Å². The van der Waals surface area contributed by atoms with Crippen molar-refractivity contribution in [3.63, 3.8) is 0 Å². The molecule has 0 amide bonds. The molecule has 4 nitrogen and oxygen atoms in total. The molecule has 4 unspecified atom stereocenters. The Morgan fingerprint density at radius 1 is 1.24 bits per heavy atom. The van der Waals surface area contributed by atoms with Crippen molar-refractivity contribution in [1.29, 1.82) is 0 Å². The van der Waals surface area contributed by atoms with Crippen LogP contribution >= 0.6 is 0 Å². The molecule has 1 saturated heterocycles. The number of sulfone groups is 1. The van der Waals surface area contributed by atoms with E-state index in [1.807, 2.05) is 0 Å². The maximum atomic E-state index is 12.9. The van der Waals surface area contributed by atoms with Crippen LogP contribution in [0.4, 0.5) is 0 Å². The van der Waals surface area contributed by atoms with Gasteiger partial charge in [-0.3, -0.25) is 0 Å². The zero-order chi connectivity index (χ0) is 15.5. The Kier molecular flexibility index (Phi) is 6.09. The van der Waals surface area contributed by atoms with E-state index in [-0.39, 0.29) is 23.1 Å². The molecule has 0 aromatic rings. The summed E-state index contributed by atoms with van der Waals surface area (Å²) in [5, 5.41) is 3.17. The summed E-state index contributed by atoms with van der Waals surface area (Å²) in [4.78, 5) is 0. The summed E-state index contributed by atoms with van der Waals surface area (Å²) < 4.78 is 31.3. The number of hydrogen-bond acceptors (Lipinski definition) is 4. The third kappa shape index (κ3) is 4.42. The molecule has 1 saturated carbocycles. The van der Waals surface area contributed by atoms with Gasteiger partial charge in [0.15, 0.2) is 9.84 Å². The summed E-state index contributed by atoms with van der Waals surface area (Å²) in [6, 6.07) is 0.122. The molecule has 4 atom stereocenters. The van der Waals surface area contributed by atoms with Crippen LogP contribution in [0.1, 0.15) is 52.9 Å². The Balaban J connectivity index is 2.09. The van der Waals surface area contributed by atoms with E-state index in [0.717, 1.165) is 45.3 Å². The molecule has 21 heavy (non-hydrogen) atoms. The lowest BCUT2D eigenvalue weighted by Gasteiger charge is -2.38. The van der Waals surface area contributed by atoms with Crippen molar-refractivity contribution in [2.24, 2.45) is 11.8 Å². The maximum Gasteiger partial charge on any atom is 0.157 e. The van der Waals surface area contributed by atoms with Gasteiger partial charge in [-0.05, 0) is 50.5 Å². The quantitative estimate of drug-likeness (QED) is 0.817. The van der Waals surface area contributed by atoms with Crippen molar-refractivity contribution in [2.45, 2.75) is 70.3 Å². The SMILES string of the molecule is CCNC1CCC(C(C)C)CC1S(=O)(=O)CC1CCCO1. The van der Waals surface area contributed by atoms with E-state index in [1.165, 1.54) is 0 Å². The lowest BCUT2D eigenvalue weighted by Crippen LogP contribution is -2.50. The second-order valence-corrected chi connectivity index (χ2v) is 9.25. The summed E-state index contributed by atoms with van der Waals surface area (Å²) in [5.41, 5.74) is 0. The number of nitrogens with one attached hydrogen (secondary N) is 1. The van der Waals surface area contributed by atoms with Gasteiger partial charge < -0.3 is 10.1 Å². The van der Waals surface area contributed by atoms with Gasteiger partial charge in [-0.15, -0.1) is 0 Å². The summed E-state index contributed by atoms with van der Waals surface area (Å²) in [6.45, 7) is 8.03. The predicted molar refractivity (Wildman–Crippen MR) is 86.2 cm³/mol. The van der Waals surface area contributed by atoms with E-state index in [4.69, 9.17) is 4.74 Å². The average Bonchev–Trinajstić information content (AvgIpc) is 2.91. The Hall–Kier alpha value is -0.130. The lowest BCUT2D eigenvalue weighted by atomic mass is 9.79. The molecule has 2 fully saturated rings. The van der Waals surface area contributed by atoms with Gasteiger partial charge in [0.05, 0.1) is 17.1 Å². The zero-order valence-electron chi connectivity index (χ0n) is 13.7. The van der Waals surface area contributed by atoms with Crippen LogP contribution in [-0.2, 0) is 14.6 Å². The van der Waals surface area contributed by atoms with Crippen LogP contribution in [0.3, 0.4) is 0 Å². The van der Waals surface area contributed by atoms with Crippen LogP contribution in [0.5, 0.6) is 0 Å². The maximum absolute atomic E-state index is 12.9. The minimum Gasteiger partial charge on any atom is -0.377 e. The molecule has 1 heterocycles. The fraction of sp³-hybridized carbons (Fsp3) is 1.00. The zero-order valence-corrected chi connectivity index (χ0v) is 14.5. The monoisotopic (exact) mass is 317 g/mol. The first-order valence-corrected chi connectivity index (χ1v) is 10.2. The fourth-order valence-corrected chi connectivity index (χ4v) is 6.12. The van der Waals surface area contributed by atoms with Crippen LogP contribution in [0.2, 0.25) is 0 Å². The van der Waals surface area contributed by atoms with Crippen molar-refractivity contribution in [2.75, 3.05) is 18.9 Å². The first-order valence-electron chi connectivity index (χ1n) is 8.50. The largest absolute Gasteiger partial charge is 0.377 e. The lowest BCUT2D eigenvalue weighted by molar-refractivity contribution is 0.127. The molecule has 0 radical (unpaired) electrons. The number of ether oxygens (including phenoxy) is 1. The van der Waals surface area contributed by atoms with Crippen molar-refractivity contribution in [3.05, 3.63) is 0 Å². The second kappa shape index (κ2) is 7.42. The van der Waals surface area contributed by atoms with Crippen LogP contribution in [-0.4, -0.2) is 44.7 Å². The Morgan fingerprint density at radius 3 is 2.57 bits per heavy atom. The Morgan fingerprint density at radius 2 is 2.00 bits per heavy atom. The summed E-state index contributed by atoms with van der Waals surface area (Å²) in [6.07, 6.45) is 4.75. The van der Waals surface area contributed by atoms with E-state index in [1.54, 1.807) is 0 Å². The van der Waals surface area contributed by atoms with Crippen LogP contribution in [0, 0.1) is 11.8 Å². The molecular weight excluding hydrogens is 286 g/mol. The molecule has 0 aromatic carbocycles. The highest BCUT2D eigenvalue weighted by Gasteiger charge is 2.40. The number of hydrogen-bond donors (Lipinski definition) is 1. The molecular formula is C16H31NO3S. The highest BCUT2D eigenvalue weighted by Crippen LogP contribution is 2.34. The summed E-state index contributed by atoms with van der Waals surface area (Å²) in [7, 11) is -3.09. The van der Waals surface area contributed by atoms with Crippen LogP contribution < -0.4 is 5.32 Å². The van der Waals surface area contributed by atoms with E-state index in [9.17, 15) is 8.42 Å². The first kappa shape index (κ1) is 17.2. The molecule has 2 aliphatic rings. The smallest absolute Gasteiger partial charge is 0.157 e. The normalized spacial score (nSPS) is 34.5. The molecule has 1 N–H and O–H groups in total. The summed E-state index contributed by atoms with van der Waals surface area (Å²) >= 11 is 0. The van der Waals surface area contributed by atoms with E-state index in [2.05, 4.69) is 26.1 Å². The van der Waals surface area contributed by atoms with Crippen molar-refractivity contribution in [1.82, 2.24) is 5.32 Å². The topological polar surface area (TPSA) is 55.4 Å². The van der Waals surface area contributed by atoms with Gasteiger partial charge in [-0.1, -0.05) is 20.8 Å². The van der Waals surface area contributed by atoms with Gasteiger partial charge in [0.2, 0.25) is 0 Å². The Bertz CT molecular complexity index is 415. The third-order valence-corrected chi connectivity index (χ3v) is 7.42. The van der Waals surface area contributed by atoms with Crippen LogP contribution in [0.25, 0.3) is 0 Å². The molecule has 0 spiro atoms. The first-order chi connectivity index (χ1) is 9.94. The number of rotatable bonds is 6. The molecule has 1 aliphatic carbocycles. The molecule has 0 bridgehead atoms. The molecule has 0 aromatic heterocycles. The van der Waals surface area contributed by atoms with E-state index in [0.29, 0.717) is 11.8 Å². The van der Waals surface area contributed by atoms with E-state index < -0.39 is 9.84 Å². The van der Waals surface area contributed by atoms with Crippen LogP contribution in [0.15, 0.2) is 0 Å². The molecule has 1 aliphatic heterocycles. The minimum atomic E-state index is -3.09. The molecule has 124 valence electrons. The highest BCUT2D eigenvalue weighted by molar-refractivity contribution is 7.92. The predicted octanol–water partition coefficient (Wildman–Crippen LogP) is 2.38.